The lowest BCUT2D eigenvalue weighted by molar-refractivity contribution is 0.233. The first-order chi connectivity index (χ1) is 3.62. The highest BCUT2D eigenvalue weighted by atomic mass is 32.2. The van der Waals surface area contributed by atoms with E-state index in [1.165, 1.54) is 7.11 Å². The van der Waals surface area contributed by atoms with Crippen molar-refractivity contribution in [1.29, 1.82) is 0 Å². The zero-order chi connectivity index (χ0) is 6.62. The summed E-state index contributed by atoms with van der Waals surface area (Å²) in [6.45, 7) is 0. The first-order valence-corrected chi connectivity index (χ1v) is 3.47. The van der Waals surface area contributed by atoms with Gasteiger partial charge in [-0.3, -0.25) is 4.18 Å². The van der Waals surface area contributed by atoms with Crippen LogP contribution in [0.25, 0.3) is 0 Å². The summed E-state index contributed by atoms with van der Waals surface area (Å²) in [6.07, 6.45) is 0. The number of hydrogen-bond acceptors (Lipinski definition) is 4. The minimum absolute atomic E-state index is 0.385. The van der Waals surface area contributed by atoms with E-state index in [1.807, 2.05) is 0 Å². The number of hydrogen-bond donors (Lipinski definition) is 0. The molecule has 0 N–H and O–H groups in total. The van der Waals surface area contributed by atoms with Gasteiger partial charge in [0.05, 0.1) is 7.11 Å². The van der Waals surface area contributed by atoms with E-state index < -0.39 is 10.1 Å². The third-order valence-corrected chi connectivity index (χ3v) is 1.55. The molecule has 0 aliphatic rings. The van der Waals surface area contributed by atoms with Crippen LogP contribution in [0.3, 0.4) is 0 Å². The molecule has 0 amide bonds. The monoisotopic (exact) mass is 140 g/mol. The zero-order valence-electron chi connectivity index (χ0n) is 4.75. The Morgan fingerprint density at radius 2 is 1.88 bits per heavy atom. The maximum atomic E-state index is 10.3. The largest absolute Gasteiger partial charge is 0.366 e. The van der Waals surface area contributed by atoms with Gasteiger partial charge in [-0.15, -0.1) is 0 Å². The summed E-state index contributed by atoms with van der Waals surface area (Å²) >= 11 is 0. The second kappa shape index (κ2) is 3.01. The molecular weight excluding hydrogens is 132 g/mol. The second-order valence-electron chi connectivity index (χ2n) is 1.13. The van der Waals surface area contributed by atoms with Crippen molar-refractivity contribution in [2.24, 2.45) is 0 Å². The van der Waals surface area contributed by atoms with Gasteiger partial charge in [-0.05, 0) is 0 Å². The first-order valence-electron chi connectivity index (χ1n) is 1.89. The molecule has 50 valence electrons. The molecule has 0 bridgehead atoms. The van der Waals surface area contributed by atoms with Crippen molar-refractivity contribution in [3.05, 3.63) is 0 Å². The molecule has 5 heteroatoms. The molecule has 0 fully saturated rings. The Kier molecular flexibility index (Phi) is 2.96. The highest BCUT2D eigenvalue weighted by molar-refractivity contribution is 7.86. The van der Waals surface area contributed by atoms with E-state index in [0.29, 0.717) is 0 Å². The van der Waals surface area contributed by atoms with Crippen LogP contribution >= 0.6 is 0 Å². The molecule has 0 aliphatic carbocycles. The number of ether oxygens (including phenoxy) is 1. The summed E-state index contributed by atoms with van der Waals surface area (Å²) in [6, 6.07) is 0. The van der Waals surface area contributed by atoms with Gasteiger partial charge in [-0.1, -0.05) is 0 Å². The SMILES string of the molecule is COCS(=O)(=O)OC. The maximum absolute atomic E-state index is 10.3. The van der Waals surface area contributed by atoms with Gasteiger partial charge < -0.3 is 4.74 Å². The maximum Gasteiger partial charge on any atom is 0.291 e. The fourth-order valence-corrected chi connectivity index (χ4v) is 0.577. The van der Waals surface area contributed by atoms with Crippen LogP contribution in [0.5, 0.6) is 0 Å². The van der Waals surface area contributed by atoms with E-state index >= 15 is 0 Å². The van der Waals surface area contributed by atoms with Crippen molar-refractivity contribution < 1.29 is 17.3 Å². The molecule has 0 saturated carbocycles. The van der Waals surface area contributed by atoms with E-state index in [-0.39, 0.29) is 5.94 Å². The van der Waals surface area contributed by atoms with E-state index in [0.717, 1.165) is 7.11 Å². The van der Waals surface area contributed by atoms with Gasteiger partial charge in [-0.2, -0.15) is 8.42 Å². The topological polar surface area (TPSA) is 52.6 Å². The molecule has 0 aromatic rings. The molecule has 4 nitrogen and oxygen atoms in total. The van der Waals surface area contributed by atoms with Crippen molar-refractivity contribution in [2.45, 2.75) is 0 Å². The molecule has 0 heterocycles. The van der Waals surface area contributed by atoms with Crippen molar-refractivity contribution >= 4 is 10.1 Å². The second-order valence-corrected chi connectivity index (χ2v) is 2.82. The normalized spacial score (nSPS) is 11.8. The van der Waals surface area contributed by atoms with Crippen LogP contribution in [-0.4, -0.2) is 28.6 Å². The predicted octanol–water partition coefficient (Wildman–Crippen LogP) is -0.433. The average molecular weight is 140 g/mol. The Bertz CT molecular complexity index is 135. The van der Waals surface area contributed by atoms with Crippen LogP contribution in [0.2, 0.25) is 0 Å². The summed E-state index contributed by atoms with van der Waals surface area (Å²) in [5, 5.41) is 0. The van der Waals surface area contributed by atoms with Gasteiger partial charge >= 0.3 is 0 Å². The van der Waals surface area contributed by atoms with Crippen LogP contribution in [-0.2, 0) is 19.0 Å². The summed E-state index contributed by atoms with van der Waals surface area (Å²) in [7, 11) is -1.01. The number of rotatable bonds is 3. The highest BCUT2D eigenvalue weighted by Gasteiger charge is 2.04. The van der Waals surface area contributed by atoms with Gasteiger partial charge in [0.1, 0.15) is 0 Å². The van der Waals surface area contributed by atoms with Gasteiger partial charge in [0, 0.05) is 7.11 Å². The van der Waals surface area contributed by atoms with Crippen molar-refractivity contribution in [1.82, 2.24) is 0 Å². The van der Waals surface area contributed by atoms with Gasteiger partial charge in [0.25, 0.3) is 10.1 Å². The van der Waals surface area contributed by atoms with Crippen molar-refractivity contribution in [3.8, 4) is 0 Å². The lowest BCUT2D eigenvalue weighted by Gasteiger charge is -1.95. The van der Waals surface area contributed by atoms with Gasteiger partial charge in [0.2, 0.25) is 0 Å². The average Bonchev–Trinajstić information content (AvgIpc) is 1.67. The summed E-state index contributed by atoms with van der Waals surface area (Å²) in [5.41, 5.74) is 0. The summed E-state index contributed by atoms with van der Waals surface area (Å²) in [4.78, 5) is 0. The minimum atomic E-state index is -3.39. The van der Waals surface area contributed by atoms with E-state index in [1.54, 1.807) is 0 Å². The number of methoxy groups -OCH3 is 1. The fraction of sp³-hybridized carbons (Fsp3) is 1.00. The van der Waals surface area contributed by atoms with Crippen LogP contribution < -0.4 is 0 Å². The Morgan fingerprint density at radius 1 is 1.38 bits per heavy atom. The van der Waals surface area contributed by atoms with Gasteiger partial charge in [0.15, 0.2) is 5.94 Å². The molecule has 0 rings (SSSR count). The third kappa shape index (κ3) is 2.95. The predicted molar refractivity (Wildman–Crippen MR) is 27.8 cm³/mol. The third-order valence-electron chi connectivity index (χ3n) is 0.516. The molecule has 0 radical (unpaired) electrons. The van der Waals surface area contributed by atoms with Crippen LogP contribution in [0.15, 0.2) is 0 Å². The minimum Gasteiger partial charge on any atom is -0.366 e. The Hall–Kier alpha value is -0.130. The lowest BCUT2D eigenvalue weighted by atomic mass is 11.5. The highest BCUT2D eigenvalue weighted by Crippen LogP contribution is 1.87. The molecule has 8 heavy (non-hydrogen) atoms. The Morgan fingerprint density at radius 3 is 2.00 bits per heavy atom. The quantitative estimate of drug-likeness (QED) is 0.499. The molecule has 0 aromatic carbocycles. The Balaban J connectivity index is 3.76. The van der Waals surface area contributed by atoms with Crippen LogP contribution in [0.1, 0.15) is 0 Å². The smallest absolute Gasteiger partial charge is 0.291 e. The first kappa shape index (κ1) is 7.87. The molecule has 0 aromatic heterocycles. The molecule has 0 atom stereocenters. The molecule has 0 spiro atoms. The van der Waals surface area contributed by atoms with Crippen molar-refractivity contribution in [3.63, 3.8) is 0 Å². The zero-order valence-corrected chi connectivity index (χ0v) is 5.56. The van der Waals surface area contributed by atoms with Crippen LogP contribution in [0.4, 0.5) is 0 Å². The van der Waals surface area contributed by atoms with Gasteiger partial charge in [-0.25, -0.2) is 0 Å². The lowest BCUT2D eigenvalue weighted by Crippen LogP contribution is -2.08. The summed E-state index contributed by atoms with van der Waals surface area (Å²) < 4.78 is 28.8. The molecule has 0 unspecified atom stereocenters. The molecule has 0 saturated heterocycles. The Labute approximate surface area is 48.5 Å². The van der Waals surface area contributed by atoms with E-state index in [4.69, 9.17) is 0 Å². The van der Waals surface area contributed by atoms with Crippen LogP contribution in [0, 0.1) is 0 Å². The fourth-order valence-electron chi connectivity index (χ4n) is 0.192. The standard InChI is InChI=1S/C3H8O4S/c1-6-3-8(4,5)7-2/h3H2,1-2H3. The van der Waals surface area contributed by atoms with Crippen molar-refractivity contribution in [2.75, 3.05) is 20.2 Å². The molecule has 0 aliphatic heterocycles. The van der Waals surface area contributed by atoms with E-state index in [9.17, 15) is 8.42 Å². The van der Waals surface area contributed by atoms with E-state index in [2.05, 4.69) is 8.92 Å². The summed E-state index contributed by atoms with van der Waals surface area (Å²) in [5.74, 6) is -0.385. The molecular formula is C3H8O4S.